The van der Waals surface area contributed by atoms with Gasteiger partial charge in [0, 0.05) is 35.5 Å². The van der Waals surface area contributed by atoms with Crippen LogP contribution in [0.3, 0.4) is 0 Å². The van der Waals surface area contributed by atoms with Crippen LogP contribution in [0.5, 0.6) is 0 Å². The van der Waals surface area contributed by atoms with Gasteiger partial charge in [-0.25, -0.2) is 0 Å². The van der Waals surface area contributed by atoms with Crippen LogP contribution in [-0.2, 0) is 21.5 Å². The standard InChI is InChI=1S/C29H35N3O2/c1-5-6-11-16-31-25-15-10-8-13-23(25)29(28(31)34)27-22(21-12-7-9-14-24(21)30-27)18-20(4)32(29)26(33)17-19(2)3/h7-10,12-15,19-20,30H,5-6,11,16-18H2,1-4H3. The third kappa shape index (κ3) is 3.20. The second kappa shape index (κ2) is 8.61. The van der Waals surface area contributed by atoms with Crippen molar-refractivity contribution in [3.8, 4) is 0 Å². The third-order valence-electron chi connectivity index (χ3n) is 7.45. The Labute approximate surface area is 202 Å². The lowest BCUT2D eigenvalue weighted by Crippen LogP contribution is -2.62. The maximum absolute atomic E-state index is 14.6. The number of aromatic nitrogens is 1. The van der Waals surface area contributed by atoms with E-state index in [9.17, 15) is 9.59 Å². The summed E-state index contributed by atoms with van der Waals surface area (Å²) >= 11 is 0. The van der Waals surface area contributed by atoms with Crippen LogP contribution >= 0.6 is 0 Å². The fraction of sp³-hybridized carbons (Fsp3) is 0.448. The van der Waals surface area contributed by atoms with Gasteiger partial charge in [-0.15, -0.1) is 0 Å². The van der Waals surface area contributed by atoms with E-state index in [-0.39, 0.29) is 23.8 Å². The molecule has 2 aliphatic heterocycles. The van der Waals surface area contributed by atoms with Gasteiger partial charge >= 0.3 is 0 Å². The number of para-hydroxylation sites is 2. The van der Waals surface area contributed by atoms with Crippen molar-refractivity contribution < 1.29 is 9.59 Å². The molecule has 1 aromatic heterocycles. The van der Waals surface area contributed by atoms with Crippen LogP contribution in [-0.4, -0.2) is 34.3 Å². The normalized spacial score (nSPS) is 21.6. The van der Waals surface area contributed by atoms with Crippen molar-refractivity contribution in [3.05, 3.63) is 65.4 Å². The first-order valence-corrected chi connectivity index (χ1v) is 12.7. The zero-order valence-electron chi connectivity index (χ0n) is 20.7. The molecule has 5 nitrogen and oxygen atoms in total. The first kappa shape index (κ1) is 22.7. The lowest BCUT2D eigenvalue weighted by Gasteiger charge is -2.47. The maximum atomic E-state index is 14.6. The molecule has 2 unspecified atom stereocenters. The van der Waals surface area contributed by atoms with Crippen molar-refractivity contribution in [1.29, 1.82) is 0 Å². The maximum Gasteiger partial charge on any atom is 0.264 e. The Morgan fingerprint density at radius 3 is 2.62 bits per heavy atom. The van der Waals surface area contributed by atoms with Crippen molar-refractivity contribution >= 4 is 28.4 Å². The van der Waals surface area contributed by atoms with Gasteiger partial charge in [0.05, 0.1) is 11.4 Å². The molecule has 2 amide bonds. The number of benzene rings is 2. The Kier molecular flexibility index (Phi) is 5.75. The molecule has 0 saturated heterocycles. The van der Waals surface area contributed by atoms with Crippen LogP contribution < -0.4 is 4.90 Å². The zero-order valence-corrected chi connectivity index (χ0v) is 20.7. The lowest BCUT2D eigenvalue weighted by molar-refractivity contribution is -0.148. The summed E-state index contributed by atoms with van der Waals surface area (Å²) in [5, 5.41) is 1.15. The highest BCUT2D eigenvalue weighted by Crippen LogP contribution is 2.53. The number of nitrogens with one attached hydrogen (secondary N) is 1. The molecule has 2 aromatic carbocycles. The summed E-state index contributed by atoms with van der Waals surface area (Å²) in [5.74, 6) is 0.264. The Hall–Kier alpha value is -3.08. The Balaban J connectivity index is 1.79. The van der Waals surface area contributed by atoms with Crippen molar-refractivity contribution in [1.82, 2.24) is 9.88 Å². The molecule has 34 heavy (non-hydrogen) atoms. The van der Waals surface area contributed by atoms with Gasteiger partial charge in [-0.1, -0.05) is 70.0 Å². The third-order valence-corrected chi connectivity index (χ3v) is 7.45. The molecule has 0 fully saturated rings. The molecule has 2 aliphatic rings. The molecule has 2 atom stereocenters. The number of carbonyl (C=O) groups excluding carboxylic acids is 2. The van der Waals surface area contributed by atoms with E-state index >= 15 is 0 Å². The van der Waals surface area contributed by atoms with E-state index < -0.39 is 5.54 Å². The average Bonchev–Trinajstić information content (AvgIpc) is 3.29. The molecule has 0 radical (unpaired) electrons. The van der Waals surface area contributed by atoms with Gasteiger partial charge in [-0.05, 0) is 43.4 Å². The minimum absolute atomic E-state index is 0.00117. The number of nitrogens with zero attached hydrogens (tertiary/aromatic N) is 2. The number of hydrogen-bond acceptors (Lipinski definition) is 2. The van der Waals surface area contributed by atoms with Crippen molar-refractivity contribution in [2.24, 2.45) is 5.92 Å². The molecular formula is C29H35N3O2. The molecule has 3 aromatic rings. The highest BCUT2D eigenvalue weighted by molar-refractivity contribution is 6.12. The van der Waals surface area contributed by atoms with Gasteiger partial charge in [0.15, 0.2) is 5.54 Å². The monoisotopic (exact) mass is 457 g/mol. The first-order chi connectivity index (χ1) is 16.4. The number of rotatable bonds is 6. The smallest absolute Gasteiger partial charge is 0.264 e. The number of hydrogen-bond donors (Lipinski definition) is 1. The minimum atomic E-state index is -1.15. The molecule has 0 saturated carbocycles. The highest BCUT2D eigenvalue weighted by atomic mass is 16.2. The van der Waals surface area contributed by atoms with E-state index in [1.54, 1.807) is 0 Å². The Bertz CT molecular complexity index is 1240. The van der Waals surface area contributed by atoms with Crippen LogP contribution in [0.2, 0.25) is 0 Å². The lowest BCUT2D eigenvalue weighted by atomic mass is 9.77. The fourth-order valence-corrected chi connectivity index (χ4v) is 6.09. The van der Waals surface area contributed by atoms with E-state index in [0.29, 0.717) is 13.0 Å². The van der Waals surface area contributed by atoms with E-state index in [4.69, 9.17) is 0 Å². The molecule has 5 heteroatoms. The summed E-state index contributed by atoms with van der Waals surface area (Å²) in [6.45, 7) is 9.07. The average molecular weight is 458 g/mol. The summed E-state index contributed by atoms with van der Waals surface area (Å²) in [5.41, 5.74) is 3.76. The first-order valence-electron chi connectivity index (χ1n) is 12.7. The van der Waals surface area contributed by atoms with E-state index in [1.165, 1.54) is 0 Å². The van der Waals surface area contributed by atoms with Crippen molar-refractivity contribution in [2.75, 3.05) is 11.4 Å². The minimum Gasteiger partial charge on any atom is -0.355 e. The fourth-order valence-electron chi connectivity index (χ4n) is 6.09. The second-order valence-corrected chi connectivity index (χ2v) is 10.3. The summed E-state index contributed by atoms with van der Waals surface area (Å²) in [6.07, 6.45) is 4.27. The number of fused-ring (bicyclic) bond motifs is 6. The van der Waals surface area contributed by atoms with Gasteiger partial charge < -0.3 is 14.8 Å². The molecule has 3 heterocycles. The van der Waals surface area contributed by atoms with Crippen LogP contribution in [0.15, 0.2) is 48.5 Å². The van der Waals surface area contributed by atoms with Gasteiger partial charge in [0.1, 0.15) is 0 Å². The molecule has 0 bridgehead atoms. The molecule has 178 valence electrons. The van der Waals surface area contributed by atoms with Crippen LogP contribution in [0.25, 0.3) is 10.9 Å². The van der Waals surface area contributed by atoms with Crippen molar-refractivity contribution in [2.45, 2.75) is 71.4 Å². The predicted molar refractivity (Wildman–Crippen MR) is 137 cm³/mol. The summed E-state index contributed by atoms with van der Waals surface area (Å²) in [7, 11) is 0. The molecule has 1 N–H and O–H groups in total. The van der Waals surface area contributed by atoms with Gasteiger partial charge in [-0.3, -0.25) is 9.59 Å². The number of amides is 2. The predicted octanol–water partition coefficient (Wildman–Crippen LogP) is 5.77. The number of aromatic amines is 1. The SMILES string of the molecule is CCCCCN1C(=O)C2(c3ccccc31)c1[nH]c3ccccc3c1CC(C)N2C(=O)CC(C)C. The summed E-state index contributed by atoms with van der Waals surface area (Å²) < 4.78 is 0. The number of unbranched alkanes of at least 4 members (excludes halogenated alkanes) is 2. The van der Waals surface area contributed by atoms with Gasteiger partial charge in [0.25, 0.3) is 5.91 Å². The number of H-pyrrole nitrogens is 1. The van der Waals surface area contributed by atoms with Crippen LogP contribution in [0, 0.1) is 5.92 Å². The van der Waals surface area contributed by atoms with E-state index in [2.05, 4.69) is 50.9 Å². The van der Waals surface area contributed by atoms with E-state index in [0.717, 1.165) is 59.1 Å². The summed E-state index contributed by atoms with van der Waals surface area (Å²) in [4.78, 5) is 36.0. The summed E-state index contributed by atoms with van der Waals surface area (Å²) in [6, 6.07) is 16.3. The molecule has 1 spiro atoms. The Morgan fingerprint density at radius 2 is 1.85 bits per heavy atom. The van der Waals surface area contributed by atoms with Crippen LogP contribution in [0.1, 0.15) is 70.2 Å². The number of carbonyl (C=O) groups is 2. The second-order valence-electron chi connectivity index (χ2n) is 10.3. The highest BCUT2D eigenvalue weighted by Gasteiger charge is 2.61. The van der Waals surface area contributed by atoms with Crippen LogP contribution in [0.4, 0.5) is 5.69 Å². The number of anilines is 1. The van der Waals surface area contributed by atoms with Gasteiger partial charge in [0.2, 0.25) is 5.91 Å². The largest absolute Gasteiger partial charge is 0.355 e. The molecule has 0 aliphatic carbocycles. The van der Waals surface area contributed by atoms with E-state index in [1.807, 2.05) is 40.1 Å². The quantitative estimate of drug-likeness (QED) is 0.478. The van der Waals surface area contributed by atoms with Gasteiger partial charge in [-0.2, -0.15) is 0 Å². The topological polar surface area (TPSA) is 56.4 Å². The molecule has 5 rings (SSSR count). The van der Waals surface area contributed by atoms with Crippen molar-refractivity contribution in [3.63, 3.8) is 0 Å². The zero-order chi connectivity index (χ0) is 24.0. The molecular weight excluding hydrogens is 422 g/mol. The Morgan fingerprint density at radius 1 is 1.12 bits per heavy atom.